The zero-order valence-corrected chi connectivity index (χ0v) is 11.2. The van der Waals surface area contributed by atoms with Crippen LogP contribution in [-0.2, 0) is 4.74 Å². The van der Waals surface area contributed by atoms with E-state index in [9.17, 15) is 5.11 Å². The molecule has 1 aliphatic heterocycles. The van der Waals surface area contributed by atoms with E-state index < -0.39 is 0 Å². The van der Waals surface area contributed by atoms with Crippen molar-refractivity contribution in [1.29, 1.82) is 0 Å². The first-order valence-electron chi connectivity index (χ1n) is 6.83. The monoisotopic (exact) mass is 249 g/mol. The molecule has 1 aromatic carbocycles. The van der Waals surface area contributed by atoms with Gasteiger partial charge in [0.25, 0.3) is 0 Å². The zero-order valence-electron chi connectivity index (χ0n) is 11.2. The maximum atomic E-state index is 9.33. The fourth-order valence-electron chi connectivity index (χ4n) is 2.56. The van der Waals surface area contributed by atoms with Crippen molar-refractivity contribution < 1.29 is 9.84 Å². The zero-order chi connectivity index (χ0) is 13.0. The van der Waals surface area contributed by atoms with Gasteiger partial charge in [-0.3, -0.25) is 0 Å². The Morgan fingerprint density at radius 2 is 2.11 bits per heavy atom. The Bertz CT molecular complexity index is 357. The summed E-state index contributed by atoms with van der Waals surface area (Å²) in [5.41, 5.74) is 1.24. The highest BCUT2D eigenvalue weighted by atomic mass is 16.5. The highest BCUT2D eigenvalue weighted by molar-refractivity contribution is 5.28. The maximum absolute atomic E-state index is 9.33. The Labute approximate surface area is 109 Å². The molecular formula is C15H23NO2. The van der Waals surface area contributed by atoms with E-state index >= 15 is 0 Å². The Hall–Kier alpha value is -1.06. The van der Waals surface area contributed by atoms with Crippen molar-refractivity contribution in [2.45, 2.75) is 38.8 Å². The summed E-state index contributed by atoms with van der Waals surface area (Å²) in [7, 11) is 0. The van der Waals surface area contributed by atoms with E-state index in [1.54, 1.807) is 12.1 Å². The predicted molar refractivity (Wildman–Crippen MR) is 72.7 cm³/mol. The van der Waals surface area contributed by atoms with Crippen LogP contribution in [0.5, 0.6) is 5.75 Å². The lowest BCUT2D eigenvalue weighted by Crippen LogP contribution is -2.36. The lowest BCUT2D eigenvalue weighted by Gasteiger charge is -2.26. The molecule has 0 aromatic heterocycles. The van der Waals surface area contributed by atoms with Gasteiger partial charge in [-0.1, -0.05) is 19.1 Å². The first-order chi connectivity index (χ1) is 8.70. The number of hydrogen-bond donors (Lipinski definition) is 2. The summed E-state index contributed by atoms with van der Waals surface area (Å²) in [6.45, 7) is 6.19. The number of benzene rings is 1. The van der Waals surface area contributed by atoms with Crippen LogP contribution >= 0.6 is 0 Å². The van der Waals surface area contributed by atoms with E-state index in [1.165, 1.54) is 5.56 Å². The summed E-state index contributed by atoms with van der Waals surface area (Å²) in [6, 6.07) is 8.31. The third-order valence-corrected chi connectivity index (χ3v) is 3.84. The summed E-state index contributed by atoms with van der Waals surface area (Å²) in [5.74, 6) is 0.946. The van der Waals surface area contributed by atoms with Crippen LogP contribution in [0.25, 0.3) is 0 Å². The number of ether oxygens (including phenoxy) is 1. The second-order valence-electron chi connectivity index (χ2n) is 5.13. The van der Waals surface area contributed by atoms with E-state index in [4.69, 9.17) is 4.74 Å². The Balaban J connectivity index is 1.97. The molecule has 1 aromatic rings. The van der Waals surface area contributed by atoms with Gasteiger partial charge in [0, 0.05) is 18.7 Å². The molecule has 0 amide bonds. The van der Waals surface area contributed by atoms with Crippen LogP contribution in [0.2, 0.25) is 0 Å². The topological polar surface area (TPSA) is 41.5 Å². The van der Waals surface area contributed by atoms with Gasteiger partial charge in [-0.05, 0) is 43.4 Å². The van der Waals surface area contributed by atoms with Crippen molar-refractivity contribution in [3.63, 3.8) is 0 Å². The van der Waals surface area contributed by atoms with Crippen molar-refractivity contribution in [2.75, 3.05) is 13.2 Å². The molecule has 1 heterocycles. The average molecular weight is 249 g/mol. The Morgan fingerprint density at radius 1 is 1.39 bits per heavy atom. The molecule has 100 valence electrons. The van der Waals surface area contributed by atoms with Crippen LogP contribution in [0.15, 0.2) is 24.3 Å². The number of nitrogens with one attached hydrogen (secondary N) is 1. The molecule has 18 heavy (non-hydrogen) atoms. The minimum Gasteiger partial charge on any atom is -0.508 e. The first-order valence-corrected chi connectivity index (χ1v) is 6.83. The fourth-order valence-corrected chi connectivity index (χ4v) is 2.56. The lowest BCUT2D eigenvalue weighted by atomic mass is 9.97. The molecule has 3 unspecified atom stereocenters. The van der Waals surface area contributed by atoms with Crippen LogP contribution in [-0.4, -0.2) is 24.4 Å². The first kappa shape index (κ1) is 13.4. The van der Waals surface area contributed by atoms with E-state index in [0.717, 1.165) is 26.1 Å². The normalized spacial score (nSPS) is 22.9. The Morgan fingerprint density at radius 3 is 2.67 bits per heavy atom. The smallest absolute Gasteiger partial charge is 0.115 e. The standard InChI is InChI=1S/C15H23NO2/c1-3-15(12-4-6-14(17)7-5-12)16-11(2)13-8-9-18-10-13/h4-7,11,13,15-17H,3,8-10H2,1-2H3. The molecule has 0 radical (unpaired) electrons. The van der Waals surface area contributed by atoms with Gasteiger partial charge < -0.3 is 15.2 Å². The summed E-state index contributed by atoms with van der Waals surface area (Å²) < 4.78 is 5.44. The lowest BCUT2D eigenvalue weighted by molar-refractivity contribution is 0.176. The highest BCUT2D eigenvalue weighted by Crippen LogP contribution is 2.23. The number of phenols is 1. The van der Waals surface area contributed by atoms with Gasteiger partial charge in [0.15, 0.2) is 0 Å². The van der Waals surface area contributed by atoms with Crippen molar-refractivity contribution in [2.24, 2.45) is 5.92 Å². The molecule has 3 nitrogen and oxygen atoms in total. The summed E-state index contributed by atoms with van der Waals surface area (Å²) in [6.07, 6.45) is 2.20. The molecule has 2 N–H and O–H groups in total. The largest absolute Gasteiger partial charge is 0.508 e. The minimum absolute atomic E-state index is 0.325. The van der Waals surface area contributed by atoms with Gasteiger partial charge in [0.05, 0.1) is 6.61 Å². The molecule has 3 heteroatoms. The van der Waals surface area contributed by atoms with Gasteiger partial charge in [-0.2, -0.15) is 0 Å². The minimum atomic E-state index is 0.325. The number of aromatic hydroxyl groups is 1. The van der Waals surface area contributed by atoms with E-state index in [2.05, 4.69) is 19.2 Å². The third-order valence-electron chi connectivity index (χ3n) is 3.84. The van der Waals surface area contributed by atoms with Gasteiger partial charge in [-0.25, -0.2) is 0 Å². The number of rotatable bonds is 5. The van der Waals surface area contributed by atoms with Crippen LogP contribution in [0.4, 0.5) is 0 Å². The van der Waals surface area contributed by atoms with E-state index in [0.29, 0.717) is 23.8 Å². The maximum Gasteiger partial charge on any atom is 0.115 e. The second kappa shape index (κ2) is 6.21. The highest BCUT2D eigenvalue weighted by Gasteiger charge is 2.24. The molecule has 1 saturated heterocycles. The number of phenolic OH excluding ortho intramolecular Hbond substituents is 1. The second-order valence-corrected chi connectivity index (χ2v) is 5.13. The van der Waals surface area contributed by atoms with Crippen LogP contribution < -0.4 is 5.32 Å². The van der Waals surface area contributed by atoms with Gasteiger partial charge in [0.2, 0.25) is 0 Å². The molecule has 1 fully saturated rings. The van der Waals surface area contributed by atoms with Crippen LogP contribution in [0.1, 0.15) is 38.3 Å². The quantitative estimate of drug-likeness (QED) is 0.843. The van der Waals surface area contributed by atoms with Gasteiger partial charge in [0.1, 0.15) is 5.75 Å². The molecular weight excluding hydrogens is 226 g/mol. The molecule has 3 atom stereocenters. The van der Waals surface area contributed by atoms with E-state index in [-0.39, 0.29) is 0 Å². The molecule has 0 spiro atoms. The molecule has 0 saturated carbocycles. The third kappa shape index (κ3) is 3.24. The Kier molecular flexibility index (Phi) is 4.61. The van der Waals surface area contributed by atoms with Crippen molar-refractivity contribution in [3.8, 4) is 5.75 Å². The number of hydrogen-bond acceptors (Lipinski definition) is 3. The van der Waals surface area contributed by atoms with Gasteiger partial charge in [-0.15, -0.1) is 0 Å². The average Bonchev–Trinajstić information content (AvgIpc) is 2.91. The molecule has 0 aliphatic carbocycles. The molecule has 1 aliphatic rings. The van der Waals surface area contributed by atoms with Crippen molar-refractivity contribution in [3.05, 3.63) is 29.8 Å². The molecule has 2 rings (SSSR count). The van der Waals surface area contributed by atoms with Crippen LogP contribution in [0.3, 0.4) is 0 Å². The van der Waals surface area contributed by atoms with Gasteiger partial charge >= 0.3 is 0 Å². The van der Waals surface area contributed by atoms with Crippen molar-refractivity contribution in [1.82, 2.24) is 5.32 Å². The van der Waals surface area contributed by atoms with Crippen molar-refractivity contribution >= 4 is 0 Å². The van der Waals surface area contributed by atoms with Crippen LogP contribution in [0, 0.1) is 5.92 Å². The fraction of sp³-hybridized carbons (Fsp3) is 0.600. The van der Waals surface area contributed by atoms with E-state index in [1.807, 2.05) is 12.1 Å². The summed E-state index contributed by atoms with van der Waals surface area (Å²) >= 11 is 0. The summed E-state index contributed by atoms with van der Waals surface area (Å²) in [4.78, 5) is 0. The predicted octanol–water partition coefficient (Wildman–Crippen LogP) is 2.86. The SMILES string of the molecule is CCC(NC(C)C1CCOC1)c1ccc(O)cc1. The molecule has 0 bridgehead atoms. The summed E-state index contributed by atoms with van der Waals surface area (Å²) in [5, 5.41) is 13.0.